The molecule has 0 bridgehead atoms. The standard InChI is InChI=1S/C13H12BrClN4S/c1-8-10(14)7-17-12(11(8)15)19-13(20)18-6-9-3-2-4-16-5-9/h2-5,7H,6H2,1H3,(H2,17,18,19,20). The third-order valence-electron chi connectivity index (χ3n) is 2.61. The van der Waals surface area contributed by atoms with Gasteiger partial charge >= 0.3 is 0 Å². The van der Waals surface area contributed by atoms with E-state index in [1.165, 1.54) is 0 Å². The SMILES string of the molecule is Cc1c(Br)cnc(NC(=S)NCc2cccnc2)c1Cl. The molecule has 0 spiro atoms. The Hall–Kier alpha value is -1.24. The average molecular weight is 372 g/mol. The normalized spacial score (nSPS) is 10.2. The number of aromatic nitrogens is 2. The van der Waals surface area contributed by atoms with Crippen LogP contribution in [0.3, 0.4) is 0 Å². The number of nitrogens with one attached hydrogen (secondary N) is 2. The third-order valence-corrected chi connectivity index (χ3v) is 4.12. The van der Waals surface area contributed by atoms with Gasteiger partial charge in [-0.1, -0.05) is 17.7 Å². The number of hydrogen-bond donors (Lipinski definition) is 2. The highest BCUT2D eigenvalue weighted by molar-refractivity contribution is 9.10. The van der Waals surface area contributed by atoms with E-state index in [4.69, 9.17) is 23.8 Å². The molecule has 7 heteroatoms. The second-order valence-corrected chi connectivity index (χ2v) is 5.70. The molecule has 0 aliphatic rings. The zero-order valence-electron chi connectivity index (χ0n) is 10.7. The molecule has 2 N–H and O–H groups in total. The van der Waals surface area contributed by atoms with E-state index in [0.717, 1.165) is 15.6 Å². The van der Waals surface area contributed by atoms with Gasteiger partial charge in [0.05, 0.1) is 5.02 Å². The van der Waals surface area contributed by atoms with Gasteiger partial charge in [-0.2, -0.15) is 0 Å². The summed E-state index contributed by atoms with van der Waals surface area (Å²) >= 11 is 14.8. The molecule has 0 aromatic carbocycles. The predicted octanol–water partition coefficient (Wildman–Crippen LogP) is 3.69. The van der Waals surface area contributed by atoms with Crippen LogP contribution in [0.1, 0.15) is 11.1 Å². The Morgan fingerprint density at radius 3 is 2.95 bits per heavy atom. The fraction of sp³-hybridized carbons (Fsp3) is 0.154. The minimum atomic E-state index is 0.463. The molecule has 0 unspecified atom stereocenters. The third kappa shape index (κ3) is 3.88. The summed E-state index contributed by atoms with van der Waals surface area (Å²) in [6.07, 6.45) is 5.20. The van der Waals surface area contributed by atoms with Crippen LogP contribution < -0.4 is 10.6 Å². The van der Waals surface area contributed by atoms with Gasteiger partial charge in [0.2, 0.25) is 0 Å². The van der Waals surface area contributed by atoms with Gasteiger partial charge in [0, 0.05) is 29.6 Å². The molecule has 2 aromatic rings. The monoisotopic (exact) mass is 370 g/mol. The van der Waals surface area contributed by atoms with Gasteiger partial charge in [-0.15, -0.1) is 0 Å². The van der Waals surface area contributed by atoms with E-state index in [1.54, 1.807) is 18.6 Å². The lowest BCUT2D eigenvalue weighted by atomic mass is 10.3. The van der Waals surface area contributed by atoms with Crippen LogP contribution in [-0.4, -0.2) is 15.1 Å². The first-order chi connectivity index (χ1) is 9.58. The highest BCUT2D eigenvalue weighted by atomic mass is 79.9. The van der Waals surface area contributed by atoms with Gasteiger partial charge in [0.15, 0.2) is 10.9 Å². The van der Waals surface area contributed by atoms with Crippen molar-refractivity contribution in [3.05, 3.63) is 51.3 Å². The summed E-state index contributed by atoms with van der Waals surface area (Å²) in [5.41, 5.74) is 1.96. The van der Waals surface area contributed by atoms with Gasteiger partial charge in [-0.05, 0) is 52.3 Å². The fourth-order valence-corrected chi connectivity index (χ4v) is 2.26. The zero-order valence-corrected chi connectivity index (χ0v) is 13.8. The first kappa shape index (κ1) is 15.2. The van der Waals surface area contributed by atoms with Crippen LogP contribution in [-0.2, 0) is 6.54 Å². The van der Waals surface area contributed by atoms with Gasteiger partial charge in [-0.25, -0.2) is 4.98 Å². The lowest BCUT2D eigenvalue weighted by molar-refractivity contribution is 0.915. The topological polar surface area (TPSA) is 49.8 Å². The van der Waals surface area contributed by atoms with E-state index < -0.39 is 0 Å². The second kappa shape index (κ2) is 6.97. The van der Waals surface area contributed by atoms with E-state index in [2.05, 4.69) is 36.5 Å². The van der Waals surface area contributed by atoms with E-state index in [1.807, 2.05) is 19.1 Å². The van der Waals surface area contributed by atoms with E-state index in [-0.39, 0.29) is 0 Å². The summed E-state index contributed by atoms with van der Waals surface area (Å²) in [6.45, 7) is 2.50. The minimum absolute atomic E-state index is 0.463. The molecule has 2 aromatic heterocycles. The van der Waals surface area contributed by atoms with Crippen molar-refractivity contribution in [3.8, 4) is 0 Å². The molecular weight excluding hydrogens is 360 g/mol. The van der Waals surface area contributed by atoms with Crippen molar-refractivity contribution in [3.63, 3.8) is 0 Å². The van der Waals surface area contributed by atoms with E-state index in [0.29, 0.717) is 22.5 Å². The highest BCUT2D eigenvalue weighted by Crippen LogP contribution is 2.28. The van der Waals surface area contributed by atoms with Crippen molar-refractivity contribution in [2.24, 2.45) is 0 Å². The maximum atomic E-state index is 6.21. The van der Waals surface area contributed by atoms with Crippen LogP contribution in [0.4, 0.5) is 5.82 Å². The van der Waals surface area contributed by atoms with Crippen molar-refractivity contribution < 1.29 is 0 Å². The number of anilines is 1. The highest BCUT2D eigenvalue weighted by Gasteiger charge is 2.09. The zero-order chi connectivity index (χ0) is 14.5. The lowest BCUT2D eigenvalue weighted by Crippen LogP contribution is -2.28. The summed E-state index contributed by atoms with van der Waals surface area (Å²) in [4.78, 5) is 8.24. The van der Waals surface area contributed by atoms with Crippen LogP contribution in [0.5, 0.6) is 0 Å². The molecule has 0 atom stereocenters. The summed E-state index contributed by atoms with van der Waals surface area (Å²) < 4.78 is 0.863. The van der Waals surface area contributed by atoms with Crippen molar-refractivity contribution in [1.29, 1.82) is 0 Å². The number of nitrogens with zero attached hydrogens (tertiary/aromatic N) is 2. The Balaban J connectivity index is 1.97. The van der Waals surface area contributed by atoms with Crippen molar-refractivity contribution >= 4 is 50.7 Å². The first-order valence-corrected chi connectivity index (χ1v) is 7.40. The summed E-state index contributed by atoms with van der Waals surface area (Å²) in [5.74, 6) is 0.538. The molecule has 104 valence electrons. The maximum absolute atomic E-state index is 6.21. The molecule has 0 radical (unpaired) electrons. The molecule has 0 saturated heterocycles. The van der Waals surface area contributed by atoms with Crippen LogP contribution in [0, 0.1) is 6.92 Å². The van der Waals surface area contributed by atoms with E-state index >= 15 is 0 Å². The summed E-state index contributed by atoms with van der Waals surface area (Å²) in [5, 5.41) is 7.07. The summed E-state index contributed by atoms with van der Waals surface area (Å²) in [7, 11) is 0. The van der Waals surface area contributed by atoms with Crippen LogP contribution in [0.2, 0.25) is 5.02 Å². The molecule has 2 rings (SSSR count). The number of hydrogen-bond acceptors (Lipinski definition) is 3. The van der Waals surface area contributed by atoms with Crippen molar-refractivity contribution in [2.45, 2.75) is 13.5 Å². The molecule has 0 saturated carbocycles. The number of thiocarbonyl (C=S) groups is 1. The van der Waals surface area contributed by atoms with Gasteiger partial charge in [0.1, 0.15) is 0 Å². The Morgan fingerprint density at radius 1 is 1.45 bits per heavy atom. The Morgan fingerprint density at radius 2 is 2.25 bits per heavy atom. The number of rotatable bonds is 3. The lowest BCUT2D eigenvalue weighted by Gasteiger charge is -2.12. The molecule has 0 aliphatic carbocycles. The number of pyridine rings is 2. The molecular formula is C13H12BrClN4S. The van der Waals surface area contributed by atoms with Gasteiger partial charge in [-0.3, -0.25) is 4.98 Å². The molecule has 0 aliphatic heterocycles. The molecule has 2 heterocycles. The predicted molar refractivity (Wildman–Crippen MR) is 89.0 cm³/mol. The molecule has 4 nitrogen and oxygen atoms in total. The second-order valence-electron chi connectivity index (χ2n) is 4.06. The maximum Gasteiger partial charge on any atom is 0.172 e. The fourth-order valence-electron chi connectivity index (χ4n) is 1.48. The van der Waals surface area contributed by atoms with Gasteiger partial charge in [0.25, 0.3) is 0 Å². The average Bonchev–Trinajstić information content (AvgIpc) is 2.47. The summed E-state index contributed by atoms with van der Waals surface area (Å²) in [6, 6.07) is 3.85. The minimum Gasteiger partial charge on any atom is -0.358 e. The quantitative estimate of drug-likeness (QED) is 0.806. The molecule has 0 amide bonds. The molecule has 0 fully saturated rings. The van der Waals surface area contributed by atoms with Crippen molar-refractivity contribution in [1.82, 2.24) is 15.3 Å². The van der Waals surface area contributed by atoms with Crippen LogP contribution in [0.25, 0.3) is 0 Å². The smallest absolute Gasteiger partial charge is 0.172 e. The Bertz CT molecular complexity index is 621. The number of halogens is 2. The largest absolute Gasteiger partial charge is 0.358 e. The van der Waals surface area contributed by atoms with Crippen molar-refractivity contribution in [2.75, 3.05) is 5.32 Å². The Kier molecular flexibility index (Phi) is 5.28. The van der Waals surface area contributed by atoms with Crippen LogP contribution >= 0.6 is 39.7 Å². The van der Waals surface area contributed by atoms with E-state index in [9.17, 15) is 0 Å². The Labute approximate surface area is 136 Å². The first-order valence-electron chi connectivity index (χ1n) is 5.82. The molecule has 20 heavy (non-hydrogen) atoms. The van der Waals surface area contributed by atoms with Gasteiger partial charge < -0.3 is 10.6 Å². The van der Waals surface area contributed by atoms with Crippen LogP contribution in [0.15, 0.2) is 35.2 Å².